The molecule has 4 nitrogen and oxygen atoms in total. The highest BCUT2D eigenvalue weighted by Crippen LogP contribution is 2.25. The number of azo groups is 2. The summed E-state index contributed by atoms with van der Waals surface area (Å²) in [7, 11) is 0. The normalized spacial score (nSPS) is 12.6. The molecular weight excluding hydrogens is 380 g/mol. The van der Waals surface area contributed by atoms with Crippen LogP contribution in [0.15, 0.2) is 136 Å². The quantitative estimate of drug-likeness (QED) is 0.220. The molecule has 0 heterocycles. The van der Waals surface area contributed by atoms with Crippen molar-refractivity contribution in [1.29, 1.82) is 0 Å². The van der Waals surface area contributed by atoms with E-state index >= 15 is 0 Å². The first kappa shape index (κ1) is 20.1. The molecule has 0 aliphatic rings. The van der Waals surface area contributed by atoms with Gasteiger partial charge in [-0.05, 0) is 35.4 Å². The molecule has 0 aliphatic carbocycles. The van der Waals surface area contributed by atoms with E-state index in [4.69, 9.17) is 0 Å². The fourth-order valence-electron chi connectivity index (χ4n) is 2.93. The van der Waals surface area contributed by atoms with Crippen LogP contribution in [0.4, 0.5) is 11.4 Å². The number of benzene rings is 4. The van der Waals surface area contributed by atoms with Crippen LogP contribution in [-0.2, 0) is 0 Å². The van der Waals surface area contributed by atoms with Gasteiger partial charge in [0.05, 0.1) is 11.4 Å². The maximum absolute atomic E-state index is 4.45. The first-order valence-corrected chi connectivity index (χ1v) is 10.1. The average molecular weight is 403 g/mol. The first-order valence-electron chi connectivity index (χ1n) is 10.1. The Bertz CT molecular complexity index is 1150. The molecule has 150 valence electrons. The minimum Gasteiger partial charge on any atom is -0.154 e. The lowest BCUT2D eigenvalue weighted by Crippen LogP contribution is -1.89. The van der Waals surface area contributed by atoms with Crippen molar-refractivity contribution in [2.75, 3.05) is 0 Å². The molecule has 0 amide bonds. The Balaban J connectivity index is 1.49. The molecule has 0 N–H and O–H groups in total. The zero-order valence-corrected chi connectivity index (χ0v) is 17.0. The number of rotatable bonds is 7. The second kappa shape index (κ2) is 10.6. The fourth-order valence-corrected chi connectivity index (χ4v) is 2.93. The molecule has 1 unspecified atom stereocenters. The summed E-state index contributed by atoms with van der Waals surface area (Å²) in [4.78, 5) is 0. The summed E-state index contributed by atoms with van der Waals surface area (Å²) in [5.41, 5.74) is 4.76. The van der Waals surface area contributed by atoms with Gasteiger partial charge in [-0.15, -0.1) is 0 Å². The predicted octanol–water partition coefficient (Wildman–Crippen LogP) is 8.42. The SMILES string of the molecule is C(=Cc1ccc(N=NC(N=Nc2ccccc2)c2ccccc2)cc1)c1ccccc1. The molecule has 0 spiro atoms. The van der Waals surface area contributed by atoms with Gasteiger partial charge in [0, 0.05) is 5.56 Å². The Labute approximate surface area is 182 Å². The second-order valence-electron chi connectivity index (χ2n) is 6.89. The van der Waals surface area contributed by atoms with E-state index < -0.39 is 6.17 Å². The van der Waals surface area contributed by atoms with Crippen LogP contribution in [0.3, 0.4) is 0 Å². The summed E-state index contributed by atoms with van der Waals surface area (Å²) in [6.07, 6.45) is 3.67. The summed E-state index contributed by atoms with van der Waals surface area (Å²) in [5.74, 6) is 0. The summed E-state index contributed by atoms with van der Waals surface area (Å²) in [6, 6.07) is 37.6. The van der Waals surface area contributed by atoms with Crippen LogP contribution >= 0.6 is 0 Å². The molecule has 0 saturated carbocycles. The second-order valence-corrected chi connectivity index (χ2v) is 6.89. The van der Waals surface area contributed by atoms with Crippen LogP contribution in [0, 0.1) is 0 Å². The van der Waals surface area contributed by atoms with Crippen molar-refractivity contribution in [3.63, 3.8) is 0 Å². The highest BCUT2D eigenvalue weighted by Gasteiger charge is 2.08. The molecule has 0 aliphatic heterocycles. The van der Waals surface area contributed by atoms with Crippen LogP contribution < -0.4 is 0 Å². The molecule has 1 atom stereocenters. The van der Waals surface area contributed by atoms with E-state index in [0.29, 0.717) is 0 Å². The third-order valence-electron chi connectivity index (χ3n) is 4.58. The first-order chi connectivity index (χ1) is 15.4. The van der Waals surface area contributed by atoms with Gasteiger partial charge >= 0.3 is 0 Å². The maximum Gasteiger partial charge on any atom is 0.206 e. The minimum atomic E-state index is -0.501. The lowest BCUT2D eigenvalue weighted by atomic mass is 10.1. The van der Waals surface area contributed by atoms with Gasteiger partial charge < -0.3 is 0 Å². The van der Waals surface area contributed by atoms with E-state index in [0.717, 1.165) is 22.5 Å². The number of hydrogen-bond acceptors (Lipinski definition) is 4. The lowest BCUT2D eigenvalue weighted by Gasteiger charge is -2.05. The largest absolute Gasteiger partial charge is 0.206 e. The monoisotopic (exact) mass is 402 g/mol. The molecular formula is C27H22N4. The van der Waals surface area contributed by atoms with Gasteiger partial charge in [-0.3, -0.25) is 0 Å². The Morgan fingerprint density at radius 1 is 0.452 bits per heavy atom. The van der Waals surface area contributed by atoms with Gasteiger partial charge in [-0.1, -0.05) is 103 Å². The molecule has 0 saturated heterocycles. The molecule has 4 aromatic rings. The van der Waals surface area contributed by atoms with Gasteiger partial charge in [0.1, 0.15) is 0 Å². The van der Waals surface area contributed by atoms with Gasteiger partial charge in [-0.2, -0.15) is 20.5 Å². The van der Waals surface area contributed by atoms with E-state index in [-0.39, 0.29) is 0 Å². The third kappa shape index (κ3) is 6.15. The van der Waals surface area contributed by atoms with Gasteiger partial charge in [0.2, 0.25) is 6.17 Å². The van der Waals surface area contributed by atoms with Crippen molar-refractivity contribution >= 4 is 23.5 Å². The Morgan fingerprint density at radius 2 is 0.903 bits per heavy atom. The summed E-state index contributed by atoms with van der Waals surface area (Å²) in [6.45, 7) is 0. The molecule has 31 heavy (non-hydrogen) atoms. The Morgan fingerprint density at radius 3 is 1.48 bits per heavy atom. The molecule has 0 bridgehead atoms. The van der Waals surface area contributed by atoms with Crippen LogP contribution in [0.25, 0.3) is 12.2 Å². The van der Waals surface area contributed by atoms with Gasteiger partial charge in [-0.25, -0.2) is 0 Å². The van der Waals surface area contributed by atoms with Crippen molar-refractivity contribution in [3.8, 4) is 0 Å². The summed E-state index contributed by atoms with van der Waals surface area (Å²) >= 11 is 0. The van der Waals surface area contributed by atoms with Crippen molar-refractivity contribution in [2.45, 2.75) is 6.17 Å². The minimum absolute atomic E-state index is 0.501. The van der Waals surface area contributed by atoms with Gasteiger partial charge in [0.25, 0.3) is 0 Å². The van der Waals surface area contributed by atoms with E-state index in [1.165, 1.54) is 5.56 Å². The molecule has 4 rings (SSSR count). The van der Waals surface area contributed by atoms with Crippen LogP contribution in [0.1, 0.15) is 22.9 Å². The predicted molar refractivity (Wildman–Crippen MR) is 126 cm³/mol. The molecule has 4 aromatic carbocycles. The van der Waals surface area contributed by atoms with E-state index in [2.05, 4.69) is 44.7 Å². The van der Waals surface area contributed by atoms with E-state index in [9.17, 15) is 0 Å². The van der Waals surface area contributed by atoms with Crippen LogP contribution in [0.5, 0.6) is 0 Å². The summed E-state index contributed by atoms with van der Waals surface area (Å²) < 4.78 is 0. The zero-order chi connectivity index (χ0) is 21.1. The maximum atomic E-state index is 4.45. The highest BCUT2D eigenvalue weighted by molar-refractivity contribution is 5.70. The third-order valence-corrected chi connectivity index (χ3v) is 4.58. The van der Waals surface area contributed by atoms with E-state index in [1.54, 1.807) is 0 Å². The molecule has 0 fully saturated rings. The molecule has 0 aromatic heterocycles. The Hall–Kier alpha value is -4.18. The van der Waals surface area contributed by atoms with Crippen molar-refractivity contribution in [3.05, 3.63) is 132 Å². The smallest absolute Gasteiger partial charge is 0.154 e. The summed E-state index contributed by atoms with van der Waals surface area (Å²) in [5, 5.41) is 17.6. The van der Waals surface area contributed by atoms with Crippen molar-refractivity contribution < 1.29 is 0 Å². The lowest BCUT2D eigenvalue weighted by molar-refractivity contribution is 0.689. The number of hydrogen-bond donors (Lipinski definition) is 0. The van der Waals surface area contributed by atoms with Gasteiger partial charge in [0.15, 0.2) is 0 Å². The fraction of sp³-hybridized carbons (Fsp3) is 0.0370. The molecule has 4 heteroatoms. The van der Waals surface area contributed by atoms with Crippen LogP contribution in [0.2, 0.25) is 0 Å². The molecule has 0 radical (unpaired) electrons. The topological polar surface area (TPSA) is 49.4 Å². The van der Waals surface area contributed by atoms with Crippen molar-refractivity contribution in [2.24, 2.45) is 20.5 Å². The van der Waals surface area contributed by atoms with Crippen molar-refractivity contribution in [1.82, 2.24) is 0 Å². The Kier molecular flexibility index (Phi) is 6.85. The van der Waals surface area contributed by atoms with Crippen LogP contribution in [-0.4, -0.2) is 0 Å². The highest BCUT2D eigenvalue weighted by atomic mass is 15.3. The number of nitrogens with zero attached hydrogens (tertiary/aromatic N) is 4. The average Bonchev–Trinajstić information content (AvgIpc) is 2.85. The zero-order valence-electron chi connectivity index (χ0n) is 17.0. The standard InChI is InChI=1S/C27H22N4/c1-4-10-22(11-5-1)16-17-23-18-20-26(21-19-23)29-31-27(24-12-6-2-7-13-24)30-28-25-14-8-3-9-15-25/h1-21,27H. The van der Waals surface area contributed by atoms with E-state index in [1.807, 2.05) is 103 Å².